The van der Waals surface area contributed by atoms with Crippen LogP contribution in [0.2, 0.25) is 0 Å². The molecule has 1 heterocycles. The fourth-order valence-electron chi connectivity index (χ4n) is 2.83. The van der Waals surface area contributed by atoms with Crippen molar-refractivity contribution < 1.29 is 12.8 Å². The zero-order valence-corrected chi connectivity index (χ0v) is 13.2. The molecule has 1 fully saturated rings. The summed E-state index contributed by atoms with van der Waals surface area (Å²) in [6.07, 6.45) is 4.72. The van der Waals surface area contributed by atoms with E-state index in [0.29, 0.717) is 6.04 Å². The van der Waals surface area contributed by atoms with Crippen LogP contribution in [0.4, 0.5) is 4.39 Å². The van der Waals surface area contributed by atoms with E-state index in [4.69, 9.17) is 0 Å². The second-order valence-electron chi connectivity index (χ2n) is 5.37. The Morgan fingerprint density at radius 3 is 2.62 bits per heavy atom. The molecule has 1 aromatic heterocycles. The lowest BCUT2D eigenvalue weighted by Crippen LogP contribution is -2.43. The van der Waals surface area contributed by atoms with Crippen molar-refractivity contribution in [1.29, 1.82) is 0 Å². The number of hydrogen-bond acceptors (Lipinski definition) is 4. The third kappa shape index (κ3) is 3.59. The van der Waals surface area contributed by atoms with Gasteiger partial charge in [0.2, 0.25) is 5.03 Å². The zero-order chi connectivity index (χ0) is 15.5. The number of aromatic nitrogens is 1. The number of nitrogens with one attached hydrogen (secondary N) is 1. The third-order valence-electron chi connectivity index (χ3n) is 4.05. The maximum absolute atomic E-state index is 13.7. The number of nitrogens with zero attached hydrogens (tertiary/aromatic N) is 2. The van der Waals surface area contributed by atoms with Crippen LogP contribution in [0.25, 0.3) is 0 Å². The van der Waals surface area contributed by atoms with Crippen LogP contribution in [0.15, 0.2) is 23.4 Å². The van der Waals surface area contributed by atoms with E-state index in [1.807, 2.05) is 0 Å². The topological polar surface area (TPSA) is 62.3 Å². The highest BCUT2D eigenvalue weighted by Crippen LogP contribution is 2.26. The Bertz CT molecular complexity index is 571. The molecule has 1 saturated carbocycles. The van der Waals surface area contributed by atoms with Gasteiger partial charge in [0.25, 0.3) is 10.0 Å². The quantitative estimate of drug-likeness (QED) is 0.899. The second-order valence-corrected chi connectivity index (χ2v) is 7.29. The van der Waals surface area contributed by atoms with Gasteiger partial charge in [-0.3, -0.25) is 0 Å². The summed E-state index contributed by atoms with van der Waals surface area (Å²) in [6, 6.07) is 2.87. The van der Waals surface area contributed by atoms with Gasteiger partial charge in [0.15, 0.2) is 5.82 Å². The summed E-state index contributed by atoms with van der Waals surface area (Å²) in [5, 5.41) is 2.90. The highest BCUT2D eigenvalue weighted by molar-refractivity contribution is 7.89. The predicted molar refractivity (Wildman–Crippen MR) is 78.9 cm³/mol. The predicted octanol–water partition coefficient (Wildman–Crippen LogP) is 1.76. The summed E-state index contributed by atoms with van der Waals surface area (Å²) in [5.74, 6) is -0.800. The molecule has 0 saturated heterocycles. The fourth-order valence-corrected chi connectivity index (χ4v) is 4.21. The van der Waals surface area contributed by atoms with E-state index in [0.717, 1.165) is 38.3 Å². The molecular formula is C14H22FN3O2S. The molecule has 0 unspecified atom stereocenters. The number of hydrogen-bond donors (Lipinski definition) is 1. The standard InChI is InChI=1S/C14H22FN3O2S/c1-3-16-11-6-8-12(9-7-11)18(2)21(19,20)14-13(15)5-4-10-17-14/h4-5,10-12,16H,3,6-9H2,1-2H3. The minimum atomic E-state index is -3.87. The monoisotopic (exact) mass is 315 g/mol. The van der Waals surface area contributed by atoms with Crippen LogP contribution in [-0.2, 0) is 10.0 Å². The van der Waals surface area contributed by atoms with Crippen molar-refractivity contribution in [2.75, 3.05) is 13.6 Å². The molecule has 5 nitrogen and oxygen atoms in total. The van der Waals surface area contributed by atoms with Crippen molar-refractivity contribution in [2.45, 2.75) is 49.7 Å². The minimum Gasteiger partial charge on any atom is -0.314 e. The van der Waals surface area contributed by atoms with Crippen LogP contribution in [0.5, 0.6) is 0 Å². The summed E-state index contributed by atoms with van der Waals surface area (Å²) >= 11 is 0. The van der Waals surface area contributed by atoms with E-state index in [2.05, 4.69) is 17.2 Å². The van der Waals surface area contributed by atoms with E-state index in [-0.39, 0.29) is 6.04 Å². The normalized spacial score (nSPS) is 23.4. The molecule has 1 aliphatic carbocycles. The molecule has 0 amide bonds. The molecule has 7 heteroatoms. The van der Waals surface area contributed by atoms with Crippen molar-refractivity contribution in [3.8, 4) is 0 Å². The van der Waals surface area contributed by atoms with Gasteiger partial charge in [0.05, 0.1) is 0 Å². The van der Waals surface area contributed by atoms with Gasteiger partial charge >= 0.3 is 0 Å². The van der Waals surface area contributed by atoms with Crippen molar-refractivity contribution in [1.82, 2.24) is 14.6 Å². The van der Waals surface area contributed by atoms with Gasteiger partial charge in [-0.1, -0.05) is 6.92 Å². The summed E-state index contributed by atoms with van der Waals surface area (Å²) in [5.41, 5.74) is 0. The summed E-state index contributed by atoms with van der Waals surface area (Å²) < 4.78 is 39.9. The maximum atomic E-state index is 13.7. The molecule has 2 rings (SSSR count). The molecule has 21 heavy (non-hydrogen) atoms. The highest BCUT2D eigenvalue weighted by Gasteiger charge is 2.33. The lowest BCUT2D eigenvalue weighted by molar-refractivity contribution is 0.250. The highest BCUT2D eigenvalue weighted by atomic mass is 32.2. The Balaban J connectivity index is 2.10. The van der Waals surface area contributed by atoms with Crippen molar-refractivity contribution in [3.63, 3.8) is 0 Å². The van der Waals surface area contributed by atoms with Gasteiger partial charge in [-0.25, -0.2) is 17.8 Å². The molecule has 1 aromatic rings. The molecule has 0 aliphatic heterocycles. The van der Waals surface area contributed by atoms with Gasteiger partial charge < -0.3 is 5.32 Å². The summed E-state index contributed by atoms with van der Waals surface area (Å²) in [4.78, 5) is 3.69. The first-order valence-corrected chi connectivity index (χ1v) is 8.72. The Morgan fingerprint density at radius 1 is 1.38 bits per heavy atom. The third-order valence-corrected chi connectivity index (χ3v) is 5.90. The van der Waals surface area contributed by atoms with Gasteiger partial charge in [0, 0.05) is 25.3 Å². The Hall–Kier alpha value is -1.05. The van der Waals surface area contributed by atoms with Crippen LogP contribution in [-0.4, -0.2) is 43.4 Å². The average Bonchev–Trinajstić information content (AvgIpc) is 2.48. The van der Waals surface area contributed by atoms with E-state index in [9.17, 15) is 12.8 Å². The molecule has 0 bridgehead atoms. The van der Waals surface area contributed by atoms with Crippen LogP contribution >= 0.6 is 0 Å². The second kappa shape index (κ2) is 6.81. The molecule has 0 radical (unpaired) electrons. The largest absolute Gasteiger partial charge is 0.314 e. The summed E-state index contributed by atoms with van der Waals surface area (Å²) in [7, 11) is -2.36. The fraction of sp³-hybridized carbons (Fsp3) is 0.643. The lowest BCUT2D eigenvalue weighted by Gasteiger charge is -2.34. The number of rotatable bonds is 5. The van der Waals surface area contributed by atoms with Crippen molar-refractivity contribution in [3.05, 3.63) is 24.1 Å². The number of sulfonamides is 1. The van der Waals surface area contributed by atoms with E-state index in [1.165, 1.54) is 23.6 Å². The van der Waals surface area contributed by atoms with Crippen molar-refractivity contribution in [2.24, 2.45) is 0 Å². The summed E-state index contributed by atoms with van der Waals surface area (Å²) in [6.45, 7) is 2.98. The number of pyridine rings is 1. The van der Waals surface area contributed by atoms with Gasteiger partial charge in [0.1, 0.15) is 0 Å². The first-order valence-electron chi connectivity index (χ1n) is 7.28. The number of halogens is 1. The Morgan fingerprint density at radius 2 is 2.05 bits per heavy atom. The van der Waals surface area contributed by atoms with Gasteiger partial charge in [-0.2, -0.15) is 4.31 Å². The van der Waals surface area contributed by atoms with Crippen LogP contribution in [0.3, 0.4) is 0 Å². The first-order chi connectivity index (χ1) is 9.96. The van der Waals surface area contributed by atoms with Crippen LogP contribution in [0.1, 0.15) is 32.6 Å². The Labute approximate surface area is 125 Å². The van der Waals surface area contributed by atoms with E-state index < -0.39 is 20.9 Å². The molecule has 0 atom stereocenters. The van der Waals surface area contributed by atoms with Crippen LogP contribution < -0.4 is 5.32 Å². The molecule has 0 aromatic carbocycles. The van der Waals surface area contributed by atoms with Gasteiger partial charge in [-0.05, 0) is 44.4 Å². The molecule has 1 aliphatic rings. The maximum Gasteiger partial charge on any atom is 0.263 e. The zero-order valence-electron chi connectivity index (χ0n) is 12.4. The lowest BCUT2D eigenvalue weighted by atomic mass is 9.91. The van der Waals surface area contributed by atoms with Crippen LogP contribution in [0, 0.1) is 5.82 Å². The molecule has 118 valence electrons. The average molecular weight is 315 g/mol. The first kappa shape index (κ1) is 16.3. The Kier molecular flexibility index (Phi) is 5.29. The molecule has 1 N–H and O–H groups in total. The minimum absolute atomic E-state index is 0.0914. The molecule has 0 spiro atoms. The van der Waals surface area contributed by atoms with Crippen molar-refractivity contribution >= 4 is 10.0 Å². The van der Waals surface area contributed by atoms with E-state index >= 15 is 0 Å². The van der Waals surface area contributed by atoms with Gasteiger partial charge in [-0.15, -0.1) is 0 Å². The SMILES string of the molecule is CCNC1CCC(N(C)S(=O)(=O)c2ncccc2F)CC1. The molecular weight excluding hydrogens is 293 g/mol. The van der Waals surface area contributed by atoms with E-state index in [1.54, 1.807) is 0 Å². The smallest absolute Gasteiger partial charge is 0.263 e.